The van der Waals surface area contributed by atoms with E-state index in [1.165, 1.54) is 25.1 Å². The summed E-state index contributed by atoms with van der Waals surface area (Å²) in [5.74, 6) is -1.63. The van der Waals surface area contributed by atoms with E-state index in [0.717, 1.165) is 0 Å². The summed E-state index contributed by atoms with van der Waals surface area (Å²) < 4.78 is 0. The Morgan fingerprint density at radius 2 is 2.00 bits per heavy atom. The van der Waals surface area contributed by atoms with Crippen molar-refractivity contribution < 1.29 is 14.7 Å². The van der Waals surface area contributed by atoms with Crippen LogP contribution in [0.5, 0.6) is 0 Å². The molecule has 0 spiro atoms. The molecule has 1 rings (SSSR count). The number of aliphatic carboxylic acids is 1. The number of halogens is 2. The van der Waals surface area contributed by atoms with E-state index in [2.05, 4.69) is 5.32 Å². The lowest BCUT2D eigenvalue weighted by molar-refractivity contribution is -0.141. The van der Waals surface area contributed by atoms with E-state index in [1.807, 2.05) is 0 Å². The van der Waals surface area contributed by atoms with Crippen LogP contribution in [0.3, 0.4) is 0 Å². The lowest BCUT2D eigenvalue weighted by Gasteiger charge is -2.15. The quantitative estimate of drug-likeness (QED) is 0.877. The fourth-order valence-corrected chi connectivity index (χ4v) is 1.73. The summed E-state index contributed by atoms with van der Waals surface area (Å²) in [5, 5.41) is 11.9. The zero-order valence-electron chi connectivity index (χ0n) is 8.33. The number of carboxylic acids is 1. The molecule has 0 saturated heterocycles. The summed E-state index contributed by atoms with van der Waals surface area (Å²) >= 11 is 11.5. The molecule has 1 amide bonds. The van der Waals surface area contributed by atoms with Gasteiger partial charge in [-0.3, -0.25) is 4.79 Å². The number of carbonyl (C=O) groups is 2. The zero-order chi connectivity index (χ0) is 12.3. The van der Waals surface area contributed by atoms with Crippen LogP contribution in [0.25, 0.3) is 0 Å². The van der Waals surface area contributed by atoms with Crippen LogP contribution in [0.4, 0.5) is 0 Å². The fourth-order valence-electron chi connectivity index (χ4n) is 1.21. The molecule has 86 valence electrons. The maximum absolute atomic E-state index is 11.0. The van der Waals surface area contributed by atoms with Crippen molar-refractivity contribution in [1.82, 2.24) is 5.32 Å². The van der Waals surface area contributed by atoms with Crippen LogP contribution in [0.2, 0.25) is 10.0 Å². The number of rotatable bonds is 3. The van der Waals surface area contributed by atoms with Gasteiger partial charge < -0.3 is 10.4 Å². The lowest BCUT2D eigenvalue weighted by atomic mass is 10.1. The van der Waals surface area contributed by atoms with Crippen molar-refractivity contribution in [3.63, 3.8) is 0 Å². The Kier molecular flexibility index (Phi) is 4.15. The molecule has 1 aromatic carbocycles. The van der Waals surface area contributed by atoms with E-state index >= 15 is 0 Å². The number of hydrogen-bond acceptors (Lipinski definition) is 2. The molecule has 0 saturated carbocycles. The SMILES string of the molecule is CC(=O)NC(C(=O)O)c1ccc(Cl)cc1Cl. The van der Waals surface area contributed by atoms with Gasteiger partial charge in [0, 0.05) is 22.5 Å². The van der Waals surface area contributed by atoms with Gasteiger partial charge in [0.2, 0.25) is 5.91 Å². The Bertz CT molecular complexity index is 434. The molecule has 2 N–H and O–H groups in total. The van der Waals surface area contributed by atoms with Crippen molar-refractivity contribution in [1.29, 1.82) is 0 Å². The molecule has 1 atom stereocenters. The second-order valence-electron chi connectivity index (χ2n) is 3.14. The standard InChI is InChI=1S/C10H9Cl2NO3/c1-5(14)13-9(10(15)16)7-3-2-6(11)4-8(7)12/h2-4,9H,1H3,(H,13,14)(H,15,16). The third-order valence-electron chi connectivity index (χ3n) is 1.87. The average molecular weight is 262 g/mol. The van der Waals surface area contributed by atoms with Crippen molar-refractivity contribution >= 4 is 35.1 Å². The van der Waals surface area contributed by atoms with E-state index in [4.69, 9.17) is 28.3 Å². The van der Waals surface area contributed by atoms with Crippen molar-refractivity contribution in [3.05, 3.63) is 33.8 Å². The van der Waals surface area contributed by atoms with Crippen LogP contribution in [-0.4, -0.2) is 17.0 Å². The monoisotopic (exact) mass is 261 g/mol. The van der Waals surface area contributed by atoms with E-state index in [0.29, 0.717) is 10.6 Å². The number of nitrogens with one attached hydrogen (secondary N) is 1. The first-order valence-corrected chi connectivity index (χ1v) is 5.12. The number of carbonyl (C=O) groups excluding carboxylic acids is 1. The number of carboxylic acid groups (broad SMARTS) is 1. The molecule has 6 heteroatoms. The molecular formula is C10H9Cl2NO3. The molecular weight excluding hydrogens is 253 g/mol. The van der Waals surface area contributed by atoms with Crippen molar-refractivity contribution in [2.24, 2.45) is 0 Å². The third kappa shape index (κ3) is 3.12. The summed E-state index contributed by atoms with van der Waals surface area (Å²) in [4.78, 5) is 21.8. The van der Waals surface area contributed by atoms with Crippen molar-refractivity contribution in [3.8, 4) is 0 Å². The van der Waals surface area contributed by atoms with Gasteiger partial charge in [-0.1, -0.05) is 29.3 Å². The molecule has 0 bridgehead atoms. The summed E-state index contributed by atoms with van der Waals surface area (Å²) in [6, 6.07) is 3.25. The minimum atomic E-state index is -1.18. The number of benzene rings is 1. The second-order valence-corrected chi connectivity index (χ2v) is 3.98. The van der Waals surface area contributed by atoms with Gasteiger partial charge in [0.15, 0.2) is 6.04 Å². The molecule has 1 unspecified atom stereocenters. The van der Waals surface area contributed by atoms with E-state index < -0.39 is 17.9 Å². The second kappa shape index (κ2) is 5.18. The first-order chi connectivity index (χ1) is 7.41. The van der Waals surface area contributed by atoms with Crippen LogP contribution in [0.15, 0.2) is 18.2 Å². The topological polar surface area (TPSA) is 66.4 Å². The molecule has 0 aliphatic rings. The van der Waals surface area contributed by atoms with Gasteiger partial charge in [0.1, 0.15) is 0 Å². The van der Waals surface area contributed by atoms with E-state index in [9.17, 15) is 9.59 Å². The van der Waals surface area contributed by atoms with Gasteiger partial charge in [0.05, 0.1) is 0 Å². The van der Waals surface area contributed by atoms with Gasteiger partial charge in [-0.05, 0) is 12.1 Å². The molecule has 0 aromatic heterocycles. The molecule has 16 heavy (non-hydrogen) atoms. The maximum atomic E-state index is 11.0. The Morgan fingerprint density at radius 1 is 1.38 bits per heavy atom. The molecule has 0 aliphatic carbocycles. The van der Waals surface area contributed by atoms with Crippen molar-refractivity contribution in [2.45, 2.75) is 13.0 Å². The maximum Gasteiger partial charge on any atom is 0.330 e. The highest BCUT2D eigenvalue weighted by molar-refractivity contribution is 6.35. The van der Waals surface area contributed by atoms with E-state index in [1.54, 1.807) is 0 Å². The number of hydrogen-bond donors (Lipinski definition) is 2. The molecule has 0 radical (unpaired) electrons. The largest absolute Gasteiger partial charge is 0.479 e. The smallest absolute Gasteiger partial charge is 0.330 e. The Labute approximate surface area is 102 Å². The Balaban J connectivity index is 3.10. The fraction of sp³-hybridized carbons (Fsp3) is 0.200. The molecule has 0 heterocycles. The van der Waals surface area contributed by atoms with Gasteiger partial charge in [-0.2, -0.15) is 0 Å². The van der Waals surface area contributed by atoms with Crippen LogP contribution in [-0.2, 0) is 9.59 Å². The highest BCUT2D eigenvalue weighted by Gasteiger charge is 2.23. The highest BCUT2D eigenvalue weighted by atomic mass is 35.5. The molecule has 0 fully saturated rings. The van der Waals surface area contributed by atoms with Gasteiger partial charge in [0.25, 0.3) is 0 Å². The van der Waals surface area contributed by atoms with Gasteiger partial charge in [-0.25, -0.2) is 4.79 Å². The highest BCUT2D eigenvalue weighted by Crippen LogP contribution is 2.26. The Hall–Kier alpha value is -1.26. The Morgan fingerprint density at radius 3 is 2.44 bits per heavy atom. The van der Waals surface area contributed by atoms with Crippen LogP contribution < -0.4 is 5.32 Å². The van der Waals surface area contributed by atoms with Crippen LogP contribution in [0, 0.1) is 0 Å². The van der Waals surface area contributed by atoms with Crippen molar-refractivity contribution in [2.75, 3.05) is 0 Å². The average Bonchev–Trinajstić information content (AvgIpc) is 2.14. The van der Waals surface area contributed by atoms with Gasteiger partial charge in [-0.15, -0.1) is 0 Å². The summed E-state index contributed by atoms with van der Waals surface area (Å²) in [5.41, 5.74) is 0.300. The van der Waals surface area contributed by atoms with Crippen LogP contribution >= 0.6 is 23.2 Å². The van der Waals surface area contributed by atoms with Gasteiger partial charge >= 0.3 is 5.97 Å². The molecule has 1 aromatic rings. The first kappa shape index (κ1) is 12.8. The molecule has 0 aliphatic heterocycles. The summed E-state index contributed by atoms with van der Waals surface area (Å²) in [6.07, 6.45) is 0. The number of amides is 1. The molecule has 4 nitrogen and oxygen atoms in total. The minimum Gasteiger partial charge on any atom is -0.479 e. The first-order valence-electron chi connectivity index (χ1n) is 4.36. The zero-order valence-corrected chi connectivity index (χ0v) is 9.84. The summed E-state index contributed by atoms with van der Waals surface area (Å²) in [6.45, 7) is 1.24. The van der Waals surface area contributed by atoms with Crippen LogP contribution in [0.1, 0.15) is 18.5 Å². The summed E-state index contributed by atoms with van der Waals surface area (Å²) in [7, 11) is 0. The predicted molar refractivity (Wildman–Crippen MR) is 60.7 cm³/mol. The lowest BCUT2D eigenvalue weighted by Crippen LogP contribution is -2.32. The minimum absolute atomic E-state index is 0.202. The normalized spacial score (nSPS) is 11.9. The van der Waals surface area contributed by atoms with E-state index in [-0.39, 0.29) is 5.02 Å². The predicted octanol–water partition coefficient (Wildman–Crippen LogP) is 2.26. The third-order valence-corrected chi connectivity index (χ3v) is 2.43.